The summed E-state index contributed by atoms with van der Waals surface area (Å²) < 4.78 is 5.13. The van der Waals surface area contributed by atoms with Gasteiger partial charge in [-0.25, -0.2) is 4.98 Å². The molecule has 0 atom stereocenters. The summed E-state index contributed by atoms with van der Waals surface area (Å²) in [6, 6.07) is 13.2. The zero-order chi connectivity index (χ0) is 14.7. The van der Waals surface area contributed by atoms with Crippen LogP contribution in [0, 0.1) is 0 Å². The van der Waals surface area contributed by atoms with E-state index in [1.807, 2.05) is 30.3 Å². The van der Waals surface area contributed by atoms with Gasteiger partial charge in [-0.05, 0) is 37.1 Å². The molecular formula is C16H17N3O2. The maximum absolute atomic E-state index is 12.2. The van der Waals surface area contributed by atoms with Crippen molar-refractivity contribution in [3.8, 4) is 5.75 Å². The minimum absolute atomic E-state index is 0.234. The molecule has 1 fully saturated rings. The van der Waals surface area contributed by atoms with E-state index in [2.05, 4.69) is 15.6 Å². The van der Waals surface area contributed by atoms with Crippen molar-refractivity contribution in [3.63, 3.8) is 0 Å². The van der Waals surface area contributed by atoms with Gasteiger partial charge in [0.1, 0.15) is 17.3 Å². The molecule has 0 bridgehead atoms. The molecule has 21 heavy (non-hydrogen) atoms. The van der Waals surface area contributed by atoms with Crippen molar-refractivity contribution in [2.45, 2.75) is 18.9 Å². The number of pyridine rings is 1. The zero-order valence-corrected chi connectivity index (χ0v) is 11.8. The van der Waals surface area contributed by atoms with Crippen molar-refractivity contribution in [1.29, 1.82) is 0 Å². The molecule has 0 radical (unpaired) electrons. The first-order valence-electron chi connectivity index (χ1n) is 6.93. The molecule has 1 heterocycles. The van der Waals surface area contributed by atoms with E-state index in [1.165, 1.54) is 12.8 Å². The van der Waals surface area contributed by atoms with Crippen LogP contribution in [0.4, 0.5) is 11.5 Å². The summed E-state index contributed by atoms with van der Waals surface area (Å²) in [6.45, 7) is 0. The van der Waals surface area contributed by atoms with E-state index in [4.69, 9.17) is 4.74 Å². The Labute approximate surface area is 123 Å². The Morgan fingerprint density at radius 1 is 1.24 bits per heavy atom. The highest BCUT2D eigenvalue weighted by Crippen LogP contribution is 2.23. The van der Waals surface area contributed by atoms with Crippen LogP contribution in [-0.2, 0) is 0 Å². The van der Waals surface area contributed by atoms with Crippen molar-refractivity contribution >= 4 is 17.4 Å². The van der Waals surface area contributed by atoms with Gasteiger partial charge in [0.2, 0.25) is 0 Å². The molecule has 0 spiro atoms. The fourth-order valence-corrected chi connectivity index (χ4v) is 1.97. The highest BCUT2D eigenvalue weighted by molar-refractivity contribution is 6.03. The van der Waals surface area contributed by atoms with Crippen molar-refractivity contribution in [2.24, 2.45) is 0 Å². The summed E-state index contributed by atoms with van der Waals surface area (Å²) in [7, 11) is 1.59. The Kier molecular flexibility index (Phi) is 3.73. The smallest absolute Gasteiger partial charge is 0.274 e. The Bertz CT molecular complexity index is 653. The van der Waals surface area contributed by atoms with Gasteiger partial charge in [-0.2, -0.15) is 0 Å². The summed E-state index contributed by atoms with van der Waals surface area (Å²) in [5.41, 5.74) is 1.07. The van der Waals surface area contributed by atoms with Crippen LogP contribution in [0.1, 0.15) is 23.3 Å². The minimum Gasteiger partial charge on any atom is -0.497 e. The molecule has 0 saturated heterocycles. The van der Waals surface area contributed by atoms with Gasteiger partial charge < -0.3 is 15.4 Å². The third-order valence-electron chi connectivity index (χ3n) is 3.24. The largest absolute Gasteiger partial charge is 0.497 e. The molecule has 5 heteroatoms. The van der Waals surface area contributed by atoms with Gasteiger partial charge in [-0.3, -0.25) is 4.79 Å². The van der Waals surface area contributed by atoms with Crippen molar-refractivity contribution in [3.05, 3.63) is 48.2 Å². The van der Waals surface area contributed by atoms with Crippen LogP contribution in [0.25, 0.3) is 0 Å². The molecule has 1 aliphatic rings. The molecule has 2 N–H and O–H groups in total. The molecule has 0 aliphatic heterocycles. The van der Waals surface area contributed by atoms with E-state index in [1.54, 1.807) is 19.2 Å². The first-order chi connectivity index (χ1) is 10.2. The number of aromatic nitrogens is 1. The number of carbonyl (C=O) groups excluding carboxylic acids is 1. The molecule has 108 valence electrons. The third-order valence-corrected chi connectivity index (χ3v) is 3.24. The summed E-state index contributed by atoms with van der Waals surface area (Å²) in [5.74, 6) is 1.21. The number of ether oxygens (including phenoxy) is 1. The lowest BCUT2D eigenvalue weighted by atomic mass is 10.2. The second kappa shape index (κ2) is 5.83. The predicted molar refractivity (Wildman–Crippen MR) is 81.8 cm³/mol. The fourth-order valence-electron chi connectivity index (χ4n) is 1.97. The van der Waals surface area contributed by atoms with Crippen LogP contribution in [0.2, 0.25) is 0 Å². The molecule has 1 aromatic heterocycles. The number of hydrogen-bond donors (Lipinski definition) is 2. The van der Waals surface area contributed by atoms with Crippen molar-refractivity contribution in [1.82, 2.24) is 4.98 Å². The lowest BCUT2D eigenvalue weighted by Crippen LogP contribution is -2.15. The topological polar surface area (TPSA) is 63.2 Å². The van der Waals surface area contributed by atoms with Gasteiger partial charge in [0.15, 0.2) is 0 Å². The number of nitrogens with one attached hydrogen (secondary N) is 2. The van der Waals surface area contributed by atoms with Crippen LogP contribution in [0.15, 0.2) is 42.5 Å². The number of amides is 1. The third kappa shape index (κ3) is 3.51. The van der Waals surface area contributed by atoms with Crippen molar-refractivity contribution < 1.29 is 9.53 Å². The number of nitrogens with zero attached hydrogens (tertiary/aromatic N) is 1. The van der Waals surface area contributed by atoms with Crippen LogP contribution in [0.5, 0.6) is 5.75 Å². The average Bonchev–Trinajstić information content (AvgIpc) is 3.31. The Morgan fingerprint density at radius 2 is 2.05 bits per heavy atom. The zero-order valence-electron chi connectivity index (χ0n) is 11.8. The highest BCUT2D eigenvalue weighted by atomic mass is 16.5. The Balaban J connectivity index is 1.71. The summed E-state index contributed by atoms with van der Waals surface area (Å²) in [4.78, 5) is 16.6. The molecule has 1 aliphatic carbocycles. The minimum atomic E-state index is -0.234. The van der Waals surface area contributed by atoms with Crippen LogP contribution < -0.4 is 15.4 Å². The lowest BCUT2D eigenvalue weighted by Gasteiger charge is -2.08. The molecule has 1 aromatic carbocycles. The number of benzene rings is 1. The number of hydrogen-bond acceptors (Lipinski definition) is 4. The maximum atomic E-state index is 12.2. The highest BCUT2D eigenvalue weighted by Gasteiger charge is 2.21. The summed E-state index contributed by atoms with van der Waals surface area (Å²) in [6.07, 6.45) is 2.34. The average molecular weight is 283 g/mol. The predicted octanol–water partition coefficient (Wildman–Crippen LogP) is 2.92. The SMILES string of the molecule is COc1cccc(NC(=O)c2cccc(NC3CC3)n2)c1. The standard InChI is InChI=1S/C16H17N3O2/c1-21-13-5-2-4-12(10-13)18-16(20)14-6-3-7-15(19-14)17-11-8-9-11/h2-7,10-11H,8-9H2,1H3,(H,17,19)(H,18,20). The summed E-state index contributed by atoms with van der Waals surface area (Å²) >= 11 is 0. The van der Waals surface area contributed by atoms with Gasteiger partial charge in [0, 0.05) is 17.8 Å². The van der Waals surface area contributed by atoms with Gasteiger partial charge >= 0.3 is 0 Å². The Hall–Kier alpha value is -2.56. The van der Waals surface area contributed by atoms with Crippen LogP contribution in [-0.4, -0.2) is 24.0 Å². The van der Waals surface area contributed by atoms with Crippen LogP contribution >= 0.6 is 0 Å². The first-order valence-corrected chi connectivity index (χ1v) is 6.93. The number of rotatable bonds is 5. The van der Waals surface area contributed by atoms with E-state index in [0.29, 0.717) is 23.2 Å². The monoisotopic (exact) mass is 283 g/mol. The number of methoxy groups -OCH3 is 1. The maximum Gasteiger partial charge on any atom is 0.274 e. The van der Waals surface area contributed by atoms with Crippen LogP contribution in [0.3, 0.4) is 0 Å². The van der Waals surface area contributed by atoms with Gasteiger partial charge in [0.05, 0.1) is 7.11 Å². The lowest BCUT2D eigenvalue weighted by molar-refractivity contribution is 0.102. The molecular weight excluding hydrogens is 266 g/mol. The number of carbonyl (C=O) groups is 1. The molecule has 5 nitrogen and oxygen atoms in total. The quantitative estimate of drug-likeness (QED) is 0.885. The molecule has 1 amide bonds. The second-order valence-corrected chi connectivity index (χ2v) is 5.01. The fraction of sp³-hybridized carbons (Fsp3) is 0.250. The normalized spacial score (nSPS) is 13.6. The molecule has 1 saturated carbocycles. The van der Waals surface area contributed by atoms with E-state index >= 15 is 0 Å². The van der Waals surface area contributed by atoms with Gasteiger partial charge in [-0.1, -0.05) is 12.1 Å². The first kappa shape index (κ1) is 13.4. The number of anilines is 2. The summed E-state index contributed by atoms with van der Waals surface area (Å²) in [5, 5.41) is 6.10. The molecule has 2 aromatic rings. The second-order valence-electron chi connectivity index (χ2n) is 5.01. The van der Waals surface area contributed by atoms with E-state index in [9.17, 15) is 4.79 Å². The van der Waals surface area contributed by atoms with E-state index < -0.39 is 0 Å². The molecule has 0 unspecified atom stereocenters. The Morgan fingerprint density at radius 3 is 2.81 bits per heavy atom. The van der Waals surface area contributed by atoms with E-state index in [-0.39, 0.29) is 5.91 Å². The van der Waals surface area contributed by atoms with Gasteiger partial charge in [-0.15, -0.1) is 0 Å². The molecule has 3 rings (SSSR count). The van der Waals surface area contributed by atoms with Crippen molar-refractivity contribution in [2.75, 3.05) is 17.7 Å². The van der Waals surface area contributed by atoms with E-state index in [0.717, 1.165) is 5.82 Å². The van der Waals surface area contributed by atoms with Gasteiger partial charge in [0.25, 0.3) is 5.91 Å².